The molecular weight excluding hydrogens is 587 g/mol. The maximum absolute atomic E-state index is 6.56. The van der Waals surface area contributed by atoms with Crippen molar-refractivity contribution in [2.45, 2.75) is 25.2 Å². The summed E-state index contributed by atoms with van der Waals surface area (Å²) in [6.07, 6.45) is 7.26. The zero-order valence-electron chi connectivity index (χ0n) is 26.9. The van der Waals surface area contributed by atoms with E-state index in [0.29, 0.717) is 11.8 Å². The summed E-state index contributed by atoms with van der Waals surface area (Å²) < 4.78 is 13.0. The molecule has 2 unspecified atom stereocenters. The highest BCUT2D eigenvalue weighted by molar-refractivity contribution is 6.23. The summed E-state index contributed by atoms with van der Waals surface area (Å²) in [5.74, 6) is 0.629. The minimum Gasteiger partial charge on any atom is -0.452 e. The summed E-state index contributed by atoms with van der Waals surface area (Å²) in [6, 6.07) is 47.4. The molecule has 6 aromatic carbocycles. The number of anilines is 2. The maximum Gasteiger partial charge on any atom is 0.179 e. The molecule has 2 atom stereocenters. The first-order valence-corrected chi connectivity index (χ1v) is 16.8. The average Bonchev–Trinajstić information content (AvgIpc) is 3.77. The Labute approximate surface area is 279 Å². The molecule has 2 aliphatic carbocycles. The number of hydrogen-bond acceptors (Lipinski definition) is 3. The van der Waals surface area contributed by atoms with Crippen LogP contribution in [0.25, 0.3) is 55.0 Å². The highest BCUT2D eigenvalue weighted by atomic mass is 16.4. The molecule has 8 aromatic rings. The smallest absolute Gasteiger partial charge is 0.179 e. The van der Waals surface area contributed by atoms with E-state index in [1.165, 1.54) is 28.0 Å². The number of rotatable bonds is 4. The van der Waals surface area contributed by atoms with E-state index in [0.717, 1.165) is 55.3 Å². The van der Waals surface area contributed by atoms with Gasteiger partial charge in [0.1, 0.15) is 11.2 Å². The molecule has 48 heavy (non-hydrogen) atoms. The lowest BCUT2D eigenvalue weighted by Gasteiger charge is -2.34. The minimum atomic E-state index is -0.0882. The number of hydrogen-bond donors (Lipinski definition) is 0. The highest BCUT2D eigenvalue weighted by Crippen LogP contribution is 2.55. The Balaban J connectivity index is 1.14. The Kier molecular flexibility index (Phi) is 5.75. The predicted molar refractivity (Wildman–Crippen MR) is 198 cm³/mol. The molecule has 0 saturated heterocycles. The molecule has 2 aliphatic rings. The van der Waals surface area contributed by atoms with Gasteiger partial charge in [0.05, 0.1) is 0 Å². The average molecular weight is 620 g/mol. The molecule has 3 heteroatoms. The fraction of sp³-hybridized carbons (Fsp3) is 0.111. The van der Waals surface area contributed by atoms with Crippen molar-refractivity contribution in [1.82, 2.24) is 0 Å². The van der Waals surface area contributed by atoms with E-state index < -0.39 is 0 Å². The van der Waals surface area contributed by atoms with Gasteiger partial charge in [0.25, 0.3) is 0 Å². The molecule has 0 fully saturated rings. The SMILES string of the molecule is CC1(C)c2cc(-c3cc4c5ccccc5oc4c4oc5ccccc5c34)ccc2C2C=CC(N(c3ccccc3)c3ccccc3)=CC21. The molecule has 0 spiro atoms. The van der Waals surface area contributed by atoms with Gasteiger partial charge in [-0.05, 0) is 82.1 Å². The van der Waals surface area contributed by atoms with Gasteiger partial charge in [-0.2, -0.15) is 0 Å². The van der Waals surface area contributed by atoms with Crippen LogP contribution in [0.4, 0.5) is 11.4 Å². The van der Waals surface area contributed by atoms with Crippen molar-refractivity contribution in [3.63, 3.8) is 0 Å². The van der Waals surface area contributed by atoms with Crippen LogP contribution >= 0.6 is 0 Å². The van der Waals surface area contributed by atoms with Crippen LogP contribution in [0.5, 0.6) is 0 Å². The Morgan fingerprint density at radius 1 is 0.604 bits per heavy atom. The summed E-state index contributed by atoms with van der Waals surface area (Å²) in [4.78, 5) is 2.38. The van der Waals surface area contributed by atoms with E-state index in [2.05, 4.69) is 152 Å². The number of furan rings is 2. The van der Waals surface area contributed by atoms with Crippen LogP contribution in [0.2, 0.25) is 0 Å². The van der Waals surface area contributed by atoms with Crippen LogP contribution in [0.3, 0.4) is 0 Å². The topological polar surface area (TPSA) is 29.5 Å². The van der Waals surface area contributed by atoms with Crippen molar-refractivity contribution in [2.24, 2.45) is 5.92 Å². The lowest BCUT2D eigenvalue weighted by molar-refractivity contribution is 0.392. The second-order valence-electron chi connectivity index (χ2n) is 13.7. The molecule has 3 nitrogen and oxygen atoms in total. The Bertz CT molecular complexity index is 2560. The van der Waals surface area contributed by atoms with Crippen molar-refractivity contribution < 1.29 is 8.83 Å². The second-order valence-corrected chi connectivity index (χ2v) is 13.7. The lowest BCUT2D eigenvalue weighted by Crippen LogP contribution is -2.28. The van der Waals surface area contributed by atoms with E-state index in [1.54, 1.807) is 0 Å². The first kappa shape index (κ1) is 27.3. The normalized spacial score (nSPS) is 18.0. The largest absolute Gasteiger partial charge is 0.452 e. The first-order valence-electron chi connectivity index (χ1n) is 16.8. The lowest BCUT2D eigenvalue weighted by atomic mass is 9.73. The predicted octanol–water partition coefficient (Wildman–Crippen LogP) is 12.4. The Hall–Kier alpha value is -5.80. The fourth-order valence-electron chi connectivity index (χ4n) is 8.42. The molecular formula is C45H33NO2. The van der Waals surface area contributed by atoms with Crippen LogP contribution < -0.4 is 4.90 Å². The molecule has 2 aromatic heterocycles. The third-order valence-corrected chi connectivity index (χ3v) is 10.7. The number of fused-ring (bicyclic) bond motifs is 10. The van der Waals surface area contributed by atoms with Gasteiger partial charge in [0, 0.05) is 44.5 Å². The summed E-state index contributed by atoms with van der Waals surface area (Å²) in [5, 5.41) is 4.40. The van der Waals surface area contributed by atoms with Crippen LogP contribution in [0.1, 0.15) is 30.9 Å². The molecule has 0 N–H and O–H groups in total. The summed E-state index contributed by atoms with van der Waals surface area (Å²) >= 11 is 0. The van der Waals surface area contributed by atoms with Crippen molar-refractivity contribution in [1.29, 1.82) is 0 Å². The first-order chi connectivity index (χ1) is 23.6. The summed E-state index contributed by atoms with van der Waals surface area (Å²) in [7, 11) is 0. The highest BCUT2D eigenvalue weighted by Gasteiger charge is 2.45. The third kappa shape index (κ3) is 3.88. The molecule has 230 valence electrons. The van der Waals surface area contributed by atoms with Crippen LogP contribution in [0, 0.1) is 5.92 Å². The Morgan fingerprint density at radius 2 is 1.23 bits per heavy atom. The molecule has 2 heterocycles. The van der Waals surface area contributed by atoms with E-state index in [-0.39, 0.29) is 5.41 Å². The van der Waals surface area contributed by atoms with E-state index in [4.69, 9.17) is 8.83 Å². The second kappa shape index (κ2) is 10.1. The zero-order chi connectivity index (χ0) is 32.0. The van der Waals surface area contributed by atoms with Crippen molar-refractivity contribution >= 4 is 55.3 Å². The van der Waals surface area contributed by atoms with E-state index in [1.807, 2.05) is 18.2 Å². The molecule has 0 bridgehead atoms. The van der Waals surface area contributed by atoms with Crippen molar-refractivity contribution in [3.8, 4) is 11.1 Å². The van der Waals surface area contributed by atoms with Gasteiger partial charge >= 0.3 is 0 Å². The van der Waals surface area contributed by atoms with Crippen LogP contribution in [-0.4, -0.2) is 0 Å². The maximum atomic E-state index is 6.56. The van der Waals surface area contributed by atoms with Gasteiger partial charge in [-0.1, -0.05) is 117 Å². The van der Waals surface area contributed by atoms with Crippen molar-refractivity contribution in [3.05, 3.63) is 169 Å². The van der Waals surface area contributed by atoms with E-state index in [9.17, 15) is 0 Å². The number of benzene rings is 6. The molecule has 10 rings (SSSR count). The summed E-state index contributed by atoms with van der Waals surface area (Å²) in [6.45, 7) is 4.83. The van der Waals surface area contributed by atoms with Gasteiger partial charge in [-0.15, -0.1) is 0 Å². The molecule has 0 aliphatic heterocycles. The summed E-state index contributed by atoms with van der Waals surface area (Å²) in [5.41, 5.74) is 12.0. The molecule has 0 amide bonds. The number of nitrogens with zero attached hydrogens (tertiary/aromatic N) is 1. The zero-order valence-corrected chi connectivity index (χ0v) is 26.9. The van der Waals surface area contributed by atoms with Gasteiger partial charge in [-0.25, -0.2) is 0 Å². The van der Waals surface area contributed by atoms with Gasteiger partial charge in [0.2, 0.25) is 0 Å². The molecule has 0 radical (unpaired) electrons. The number of para-hydroxylation sites is 4. The van der Waals surface area contributed by atoms with Gasteiger partial charge < -0.3 is 13.7 Å². The van der Waals surface area contributed by atoms with Gasteiger partial charge in [-0.3, -0.25) is 0 Å². The van der Waals surface area contributed by atoms with Crippen LogP contribution in [0.15, 0.2) is 166 Å². The monoisotopic (exact) mass is 619 g/mol. The Morgan fingerprint density at radius 3 is 1.96 bits per heavy atom. The third-order valence-electron chi connectivity index (χ3n) is 10.7. The standard InChI is InChI=1S/C45H33NO2/c1-45(2)38-25-28(36-27-37-34-17-9-11-19-40(34)47-43(37)44-42(36)35-18-10-12-20-41(35)48-44)21-23-32(38)33-24-22-31(26-39(33)45)46(29-13-5-3-6-14-29)30-15-7-4-8-16-30/h3-27,33,39H,1-2H3. The quantitative estimate of drug-likeness (QED) is 0.196. The minimum absolute atomic E-state index is 0.0882. The van der Waals surface area contributed by atoms with Crippen LogP contribution in [-0.2, 0) is 5.41 Å². The fourth-order valence-corrected chi connectivity index (χ4v) is 8.42. The molecule has 0 saturated carbocycles. The van der Waals surface area contributed by atoms with E-state index >= 15 is 0 Å². The van der Waals surface area contributed by atoms with Crippen molar-refractivity contribution in [2.75, 3.05) is 4.90 Å². The van der Waals surface area contributed by atoms with Gasteiger partial charge in [0.15, 0.2) is 11.2 Å². The number of allylic oxidation sites excluding steroid dienone is 3.